The zero-order valence-electron chi connectivity index (χ0n) is 10.6. The molecule has 1 aromatic carbocycles. The number of carboxylic acid groups (broad SMARTS) is 1. The van der Waals surface area contributed by atoms with Crippen LogP contribution in [0.5, 0.6) is 0 Å². The molecule has 0 saturated heterocycles. The molecular weight excluding hydrogens is 270 g/mol. The van der Waals surface area contributed by atoms with Gasteiger partial charge in [-0.3, -0.25) is 9.52 Å². The SMILES string of the molecule is CCOCCS(=O)(=O)Nc1ccc(CC(=O)O)cc1. The van der Waals surface area contributed by atoms with Crippen molar-refractivity contribution in [2.24, 2.45) is 0 Å². The van der Waals surface area contributed by atoms with Crippen molar-refractivity contribution in [1.29, 1.82) is 0 Å². The number of sulfonamides is 1. The number of anilines is 1. The lowest BCUT2D eigenvalue weighted by molar-refractivity contribution is -0.136. The fourth-order valence-corrected chi connectivity index (χ4v) is 2.34. The molecule has 0 amide bonds. The Bertz CT molecular complexity index is 509. The molecule has 0 bridgehead atoms. The standard InChI is InChI=1S/C12H17NO5S/c1-2-18-7-8-19(16,17)13-11-5-3-10(4-6-11)9-12(14)15/h3-6,13H,2,7-9H2,1H3,(H,14,15). The average molecular weight is 287 g/mol. The van der Waals surface area contributed by atoms with Crippen LogP contribution < -0.4 is 4.72 Å². The van der Waals surface area contributed by atoms with Gasteiger partial charge in [-0.05, 0) is 24.6 Å². The van der Waals surface area contributed by atoms with Crippen LogP contribution >= 0.6 is 0 Å². The number of benzene rings is 1. The largest absolute Gasteiger partial charge is 0.481 e. The third kappa shape index (κ3) is 6.21. The minimum atomic E-state index is -3.43. The van der Waals surface area contributed by atoms with Crippen LogP contribution in [0.15, 0.2) is 24.3 Å². The van der Waals surface area contributed by atoms with E-state index in [0.29, 0.717) is 17.9 Å². The first-order valence-electron chi connectivity index (χ1n) is 5.82. The lowest BCUT2D eigenvalue weighted by atomic mass is 10.1. The second kappa shape index (κ2) is 7.10. The van der Waals surface area contributed by atoms with Crippen LogP contribution in [0.2, 0.25) is 0 Å². The molecule has 0 spiro atoms. The highest BCUT2D eigenvalue weighted by Crippen LogP contribution is 2.12. The molecule has 0 radical (unpaired) electrons. The number of hydrogen-bond donors (Lipinski definition) is 2. The lowest BCUT2D eigenvalue weighted by Gasteiger charge is -2.08. The molecule has 0 fully saturated rings. The van der Waals surface area contributed by atoms with Crippen molar-refractivity contribution in [1.82, 2.24) is 0 Å². The fourth-order valence-electron chi connectivity index (χ4n) is 1.41. The molecule has 0 unspecified atom stereocenters. The zero-order valence-corrected chi connectivity index (χ0v) is 11.4. The summed E-state index contributed by atoms with van der Waals surface area (Å²) in [7, 11) is -3.43. The maximum Gasteiger partial charge on any atom is 0.307 e. The normalized spacial score (nSPS) is 11.2. The number of nitrogens with one attached hydrogen (secondary N) is 1. The molecule has 0 aliphatic carbocycles. The minimum absolute atomic E-state index is 0.0859. The van der Waals surface area contributed by atoms with E-state index in [9.17, 15) is 13.2 Å². The van der Waals surface area contributed by atoms with Crippen molar-refractivity contribution < 1.29 is 23.1 Å². The number of aliphatic carboxylic acids is 1. The first-order valence-corrected chi connectivity index (χ1v) is 7.47. The molecule has 0 aliphatic heterocycles. The van der Waals surface area contributed by atoms with E-state index in [0.717, 1.165) is 0 Å². The third-order valence-corrected chi connectivity index (χ3v) is 3.53. The maximum absolute atomic E-state index is 11.7. The molecule has 0 saturated carbocycles. The Kier molecular flexibility index (Phi) is 5.78. The van der Waals surface area contributed by atoms with Crippen molar-refractivity contribution in [3.63, 3.8) is 0 Å². The molecule has 106 valence electrons. The highest BCUT2D eigenvalue weighted by atomic mass is 32.2. The van der Waals surface area contributed by atoms with Crippen LogP contribution in [-0.4, -0.2) is 38.5 Å². The van der Waals surface area contributed by atoms with E-state index >= 15 is 0 Å². The van der Waals surface area contributed by atoms with E-state index in [1.54, 1.807) is 19.1 Å². The van der Waals surface area contributed by atoms with Gasteiger partial charge in [-0.25, -0.2) is 8.42 Å². The number of rotatable bonds is 8. The smallest absolute Gasteiger partial charge is 0.307 e. The van der Waals surface area contributed by atoms with Crippen LogP contribution in [0.4, 0.5) is 5.69 Å². The molecule has 19 heavy (non-hydrogen) atoms. The van der Waals surface area contributed by atoms with Crippen LogP contribution in [0.1, 0.15) is 12.5 Å². The van der Waals surface area contributed by atoms with E-state index in [4.69, 9.17) is 9.84 Å². The predicted octanol–water partition coefficient (Wildman–Crippen LogP) is 1.09. The number of carbonyl (C=O) groups is 1. The molecule has 0 aromatic heterocycles. The highest BCUT2D eigenvalue weighted by molar-refractivity contribution is 7.92. The van der Waals surface area contributed by atoms with Gasteiger partial charge in [-0.1, -0.05) is 12.1 Å². The second-order valence-electron chi connectivity index (χ2n) is 3.89. The summed E-state index contributed by atoms with van der Waals surface area (Å²) < 4.78 is 30.7. The van der Waals surface area contributed by atoms with Gasteiger partial charge in [0.15, 0.2) is 0 Å². The van der Waals surface area contributed by atoms with Crippen molar-refractivity contribution in [3.8, 4) is 0 Å². The lowest BCUT2D eigenvalue weighted by Crippen LogP contribution is -2.20. The van der Waals surface area contributed by atoms with Crippen LogP contribution in [0.3, 0.4) is 0 Å². The molecule has 7 heteroatoms. The topological polar surface area (TPSA) is 92.7 Å². The fraction of sp³-hybridized carbons (Fsp3) is 0.417. The van der Waals surface area contributed by atoms with Crippen molar-refractivity contribution in [3.05, 3.63) is 29.8 Å². The average Bonchev–Trinajstić information content (AvgIpc) is 2.31. The van der Waals surface area contributed by atoms with E-state index in [-0.39, 0.29) is 18.8 Å². The van der Waals surface area contributed by atoms with Crippen molar-refractivity contribution in [2.75, 3.05) is 23.7 Å². The Morgan fingerprint density at radius 3 is 2.47 bits per heavy atom. The van der Waals surface area contributed by atoms with Gasteiger partial charge in [-0.15, -0.1) is 0 Å². The van der Waals surface area contributed by atoms with Gasteiger partial charge in [0.25, 0.3) is 0 Å². The quantitative estimate of drug-likeness (QED) is 0.698. The summed E-state index contributed by atoms with van der Waals surface area (Å²) in [5, 5.41) is 8.62. The summed E-state index contributed by atoms with van der Waals surface area (Å²) in [5.41, 5.74) is 1.02. The monoisotopic (exact) mass is 287 g/mol. The van der Waals surface area contributed by atoms with Crippen molar-refractivity contribution >= 4 is 21.7 Å². The van der Waals surface area contributed by atoms with E-state index in [1.807, 2.05) is 0 Å². The third-order valence-electron chi connectivity index (χ3n) is 2.28. The minimum Gasteiger partial charge on any atom is -0.481 e. The summed E-state index contributed by atoms with van der Waals surface area (Å²) in [6, 6.07) is 6.23. The molecule has 6 nitrogen and oxygen atoms in total. The summed E-state index contributed by atoms with van der Waals surface area (Å²) in [6.45, 7) is 2.41. The molecule has 0 heterocycles. The van der Waals surface area contributed by atoms with Crippen LogP contribution in [0, 0.1) is 0 Å². The Balaban J connectivity index is 2.59. The summed E-state index contributed by atoms with van der Waals surface area (Å²) >= 11 is 0. The van der Waals surface area contributed by atoms with Crippen LogP contribution in [-0.2, 0) is 26.0 Å². The maximum atomic E-state index is 11.7. The highest BCUT2D eigenvalue weighted by Gasteiger charge is 2.10. The molecular formula is C12H17NO5S. The molecule has 1 rings (SSSR count). The summed E-state index contributed by atoms with van der Waals surface area (Å²) in [6.07, 6.45) is -0.0859. The van der Waals surface area contributed by atoms with Gasteiger partial charge in [-0.2, -0.15) is 0 Å². The molecule has 1 aromatic rings. The summed E-state index contributed by atoms with van der Waals surface area (Å²) in [4.78, 5) is 10.5. The van der Waals surface area contributed by atoms with Gasteiger partial charge in [0.2, 0.25) is 10.0 Å². The number of carboxylic acids is 1. The number of hydrogen-bond acceptors (Lipinski definition) is 4. The van der Waals surface area contributed by atoms with Crippen molar-refractivity contribution in [2.45, 2.75) is 13.3 Å². The van der Waals surface area contributed by atoms with Gasteiger partial charge < -0.3 is 9.84 Å². The Morgan fingerprint density at radius 1 is 1.32 bits per heavy atom. The number of ether oxygens (including phenoxy) is 1. The van der Waals surface area contributed by atoms with E-state index in [2.05, 4.69) is 4.72 Å². The van der Waals surface area contributed by atoms with Crippen LogP contribution in [0.25, 0.3) is 0 Å². The first kappa shape index (κ1) is 15.5. The van der Waals surface area contributed by atoms with Gasteiger partial charge in [0, 0.05) is 12.3 Å². The predicted molar refractivity (Wildman–Crippen MR) is 71.7 cm³/mol. The van der Waals surface area contributed by atoms with E-state index in [1.165, 1.54) is 12.1 Å². The Labute approximate surface area is 112 Å². The zero-order chi connectivity index (χ0) is 14.3. The van der Waals surface area contributed by atoms with E-state index < -0.39 is 16.0 Å². The summed E-state index contributed by atoms with van der Waals surface area (Å²) in [5.74, 6) is -1.04. The van der Waals surface area contributed by atoms with Gasteiger partial charge >= 0.3 is 5.97 Å². The first-order chi connectivity index (χ1) is 8.93. The Hall–Kier alpha value is -1.60. The molecule has 2 N–H and O–H groups in total. The molecule has 0 atom stereocenters. The second-order valence-corrected chi connectivity index (χ2v) is 5.73. The van der Waals surface area contributed by atoms with Gasteiger partial charge in [0.05, 0.1) is 18.8 Å². The Morgan fingerprint density at radius 2 is 1.95 bits per heavy atom. The van der Waals surface area contributed by atoms with Gasteiger partial charge in [0.1, 0.15) is 0 Å². The molecule has 0 aliphatic rings.